The second-order valence-electron chi connectivity index (χ2n) is 11.1. The molecule has 2 unspecified atom stereocenters. The van der Waals surface area contributed by atoms with E-state index in [9.17, 15) is 24.1 Å². The third kappa shape index (κ3) is 7.53. The van der Waals surface area contributed by atoms with Gasteiger partial charge in [-0.05, 0) is 48.1 Å². The fourth-order valence-corrected chi connectivity index (χ4v) is 6.54. The molecule has 42 heavy (non-hydrogen) atoms. The number of ketones is 1. The zero-order chi connectivity index (χ0) is 30.3. The number of carboxylic acid groups (broad SMARTS) is 1. The maximum atomic E-state index is 13.7. The topological polar surface area (TPSA) is 131 Å². The summed E-state index contributed by atoms with van der Waals surface area (Å²) >= 11 is 0. The standard InChI is InChI=1S/C32H39N2O7P/c1-22(2)30(34-32(18-9-10-19-40-32)26-17-11-13-23-12-7-8-16-25(23)26)31(38)33-27(20-29(36)37)28(35)21-41-42(3,39)24-14-5-4-6-15-24/h4-8,11-17,22,27,30,34H,9-10,18-21H2,1-3H3,(H,33,38)(H,36,37)/t27-,30-,32?,42?/m0/s1. The molecule has 9 nitrogen and oxygen atoms in total. The molecule has 1 fully saturated rings. The lowest BCUT2D eigenvalue weighted by molar-refractivity contribution is -0.143. The van der Waals surface area contributed by atoms with E-state index in [1.807, 2.05) is 56.3 Å². The fraction of sp³-hybridized carbons (Fsp3) is 0.406. The molecule has 1 aliphatic heterocycles. The van der Waals surface area contributed by atoms with Crippen molar-refractivity contribution in [3.8, 4) is 0 Å². The highest BCUT2D eigenvalue weighted by Crippen LogP contribution is 2.41. The number of hydrogen-bond donors (Lipinski definition) is 3. The second-order valence-corrected chi connectivity index (χ2v) is 13.6. The van der Waals surface area contributed by atoms with Crippen molar-refractivity contribution in [1.82, 2.24) is 10.6 Å². The smallest absolute Gasteiger partial charge is 0.305 e. The Kier molecular flexibility index (Phi) is 10.3. The van der Waals surface area contributed by atoms with Gasteiger partial charge in [-0.2, -0.15) is 0 Å². The van der Waals surface area contributed by atoms with Crippen molar-refractivity contribution in [3.63, 3.8) is 0 Å². The van der Waals surface area contributed by atoms with E-state index in [2.05, 4.69) is 10.6 Å². The maximum Gasteiger partial charge on any atom is 0.305 e. The summed E-state index contributed by atoms with van der Waals surface area (Å²) in [5.74, 6) is -2.69. The van der Waals surface area contributed by atoms with Gasteiger partial charge in [0.25, 0.3) is 0 Å². The minimum atomic E-state index is -3.34. The molecule has 0 spiro atoms. The van der Waals surface area contributed by atoms with Gasteiger partial charge >= 0.3 is 5.97 Å². The number of rotatable bonds is 13. The van der Waals surface area contributed by atoms with Gasteiger partial charge in [0.2, 0.25) is 13.3 Å². The summed E-state index contributed by atoms with van der Waals surface area (Å²) in [6.45, 7) is 5.06. The Balaban J connectivity index is 1.56. The number of aliphatic carboxylic acids is 1. The van der Waals surface area contributed by atoms with E-state index < -0.39 is 55.9 Å². The average Bonchev–Trinajstić information content (AvgIpc) is 2.98. The van der Waals surface area contributed by atoms with E-state index in [0.717, 1.165) is 29.2 Å². The van der Waals surface area contributed by atoms with Crippen LogP contribution in [0.25, 0.3) is 10.8 Å². The summed E-state index contributed by atoms with van der Waals surface area (Å²) in [6.07, 6.45) is 1.78. The molecular formula is C32H39N2O7P. The normalized spacial score (nSPS) is 20.0. The number of amides is 1. The minimum absolute atomic E-state index is 0.229. The van der Waals surface area contributed by atoms with Gasteiger partial charge in [-0.25, -0.2) is 0 Å². The predicted molar refractivity (Wildman–Crippen MR) is 162 cm³/mol. The van der Waals surface area contributed by atoms with Crippen molar-refractivity contribution in [3.05, 3.63) is 78.4 Å². The molecule has 4 rings (SSSR count). The van der Waals surface area contributed by atoms with Gasteiger partial charge in [-0.3, -0.25) is 24.3 Å². The van der Waals surface area contributed by atoms with Crippen LogP contribution in [0, 0.1) is 5.92 Å². The number of carbonyl (C=O) groups is 3. The summed E-state index contributed by atoms with van der Waals surface area (Å²) in [6, 6.07) is 20.3. The Labute approximate surface area is 246 Å². The van der Waals surface area contributed by atoms with Crippen LogP contribution in [0.5, 0.6) is 0 Å². The predicted octanol–water partition coefficient (Wildman–Crippen LogP) is 4.59. The van der Waals surface area contributed by atoms with Crippen LogP contribution in [0.2, 0.25) is 0 Å². The highest BCUT2D eigenvalue weighted by Gasteiger charge is 2.41. The lowest BCUT2D eigenvalue weighted by atomic mass is 9.88. The molecule has 3 N–H and O–H groups in total. The van der Waals surface area contributed by atoms with Crippen molar-refractivity contribution >= 4 is 41.1 Å². The first-order chi connectivity index (χ1) is 20.0. The molecule has 3 aromatic rings. The molecule has 1 amide bonds. The Morgan fingerprint density at radius 3 is 2.36 bits per heavy atom. The van der Waals surface area contributed by atoms with E-state index in [-0.39, 0.29) is 5.92 Å². The average molecular weight is 595 g/mol. The van der Waals surface area contributed by atoms with Gasteiger partial charge in [0.15, 0.2) is 5.78 Å². The largest absolute Gasteiger partial charge is 0.481 e. The van der Waals surface area contributed by atoms with Gasteiger partial charge in [0.05, 0.1) is 12.5 Å². The van der Waals surface area contributed by atoms with E-state index in [1.54, 1.807) is 30.3 Å². The minimum Gasteiger partial charge on any atom is -0.481 e. The van der Waals surface area contributed by atoms with E-state index in [4.69, 9.17) is 9.26 Å². The van der Waals surface area contributed by atoms with Crippen LogP contribution in [0.4, 0.5) is 0 Å². The lowest BCUT2D eigenvalue weighted by Gasteiger charge is -2.42. The molecule has 1 aliphatic rings. The number of benzene rings is 3. The number of nitrogens with one attached hydrogen (secondary N) is 2. The summed E-state index contributed by atoms with van der Waals surface area (Å²) in [5, 5.41) is 18.1. The first-order valence-corrected chi connectivity index (χ1v) is 16.3. The van der Waals surface area contributed by atoms with E-state index in [0.29, 0.717) is 18.3 Å². The highest BCUT2D eigenvalue weighted by atomic mass is 31.2. The molecule has 0 aromatic heterocycles. The van der Waals surface area contributed by atoms with Gasteiger partial charge in [-0.15, -0.1) is 0 Å². The third-order valence-electron chi connectivity index (χ3n) is 7.60. The molecule has 10 heteroatoms. The number of fused-ring (bicyclic) bond motifs is 1. The quantitative estimate of drug-likeness (QED) is 0.245. The van der Waals surface area contributed by atoms with Crippen LogP contribution in [-0.4, -0.2) is 54.7 Å². The van der Waals surface area contributed by atoms with Crippen LogP contribution < -0.4 is 15.9 Å². The zero-order valence-electron chi connectivity index (χ0n) is 24.2. The van der Waals surface area contributed by atoms with Crippen molar-refractivity contribution in [2.45, 2.75) is 57.3 Å². The van der Waals surface area contributed by atoms with Gasteiger partial charge in [0, 0.05) is 24.1 Å². The summed E-state index contributed by atoms with van der Waals surface area (Å²) in [5.41, 5.74) is -0.0318. The number of carboxylic acids is 1. The van der Waals surface area contributed by atoms with Gasteiger partial charge in [-0.1, -0.05) is 74.5 Å². The molecular weight excluding hydrogens is 555 g/mol. The monoisotopic (exact) mass is 594 g/mol. The lowest BCUT2D eigenvalue weighted by Crippen LogP contribution is -2.60. The zero-order valence-corrected chi connectivity index (χ0v) is 25.1. The highest BCUT2D eigenvalue weighted by molar-refractivity contribution is 7.66. The molecule has 0 aliphatic carbocycles. The third-order valence-corrected chi connectivity index (χ3v) is 9.45. The van der Waals surface area contributed by atoms with Gasteiger partial charge < -0.3 is 19.7 Å². The van der Waals surface area contributed by atoms with Crippen molar-refractivity contribution in [2.24, 2.45) is 5.92 Å². The van der Waals surface area contributed by atoms with Gasteiger partial charge in [0.1, 0.15) is 18.4 Å². The van der Waals surface area contributed by atoms with Crippen molar-refractivity contribution in [2.75, 3.05) is 19.9 Å². The Hall–Kier alpha value is -3.36. The molecule has 4 atom stereocenters. The van der Waals surface area contributed by atoms with Crippen LogP contribution in [0.3, 0.4) is 0 Å². The Morgan fingerprint density at radius 2 is 1.69 bits per heavy atom. The molecule has 3 aromatic carbocycles. The van der Waals surface area contributed by atoms with Crippen molar-refractivity contribution < 1.29 is 33.3 Å². The van der Waals surface area contributed by atoms with Crippen LogP contribution in [-0.2, 0) is 33.9 Å². The van der Waals surface area contributed by atoms with Crippen LogP contribution >= 0.6 is 7.37 Å². The molecule has 1 heterocycles. The number of Topliss-reactive ketones (excluding diaryl/α,β-unsaturated/α-hetero) is 1. The van der Waals surface area contributed by atoms with E-state index in [1.165, 1.54) is 6.66 Å². The number of ether oxygens (including phenoxy) is 1. The van der Waals surface area contributed by atoms with Crippen LogP contribution in [0.15, 0.2) is 72.8 Å². The number of hydrogen-bond acceptors (Lipinski definition) is 7. The summed E-state index contributed by atoms with van der Waals surface area (Å²) < 4.78 is 25.0. The summed E-state index contributed by atoms with van der Waals surface area (Å²) in [4.78, 5) is 38.5. The van der Waals surface area contributed by atoms with Crippen LogP contribution in [0.1, 0.15) is 45.1 Å². The maximum absolute atomic E-state index is 13.7. The first-order valence-electron chi connectivity index (χ1n) is 14.2. The first kappa shape index (κ1) is 31.6. The molecule has 1 saturated heterocycles. The fourth-order valence-electron chi connectivity index (χ4n) is 5.30. The Morgan fingerprint density at radius 1 is 1.00 bits per heavy atom. The molecule has 0 radical (unpaired) electrons. The SMILES string of the molecule is CC(C)[C@H](NC1(c2cccc3ccccc23)CCCCO1)C(=O)N[C@@H](CC(=O)O)C(=O)COP(C)(=O)c1ccccc1. The Bertz CT molecular complexity index is 1450. The number of carbonyl (C=O) groups excluding carboxylic acids is 2. The van der Waals surface area contributed by atoms with Crippen molar-refractivity contribution in [1.29, 1.82) is 0 Å². The molecule has 0 bridgehead atoms. The second kappa shape index (κ2) is 13.7. The molecule has 224 valence electrons. The molecule has 0 saturated carbocycles. The summed E-state index contributed by atoms with van der Waals surface area (Å²) in [7, 11) is -3.34. The van der Waals surface area contributed by atoms with E-state index >= 15 is 0 Å².